The van der Waals surface area contributed by atoms with Crippen molar-refractivity contribution < 1.29 is 9.15 Å². The van der Waals surface area contributed by atoms with Gasteiger partial charge < -0.3 is 20.2 Å². The highest BCUT2D eigenvalue weighted by Crippen LogP contribution is 2.21. The number of nitrogens with one attached hydrogen (secondary N) is 1. The molecule has 0 radical (unpaired) electrons. The van der Waals surface area contributed by atoms with E-state index in [2.05, 4.69) is 22.4 Å². The molecule has 3 N–H and O–H groups in total. The molecule has 1 fully saturated rings. The SMILES string of the molecule is CC(N)c1nnc(NC(C)C2CCOCC2)o1. The zero-order valence-corrected chi connectivity index (χ0v) is 10.3. The van der Waals surface area contributed by atoms with Crippen LogP contribution in [0.4, 0.5) is 6.01 Å². The summed E-state index contributed by atoms with van der Waals surface area (Å²) >= 11 is 0. The summed E-state index contributed by atoms with van der Waals surface area (Å²) in [5, 5.41) is 11.1. The summed E-state index contributed by atoms with van der Waals surface area (Å²) in [7, 11) is 0. The lowest BCUT2D eigenvalue weighted by Gasteiger charge is -2.27. The van der Waals surface area contributed by atoms with Gasteiger partial charge in [-0.25, -0.2) is 0 Å². The number of aromatic nitrogens is 2. The minimum Gasteiger partial charge on any atom is -0.406 e. The van der Waals surface area contributed by atoms with E-state index in [-0.39, 0.29) is 6.04 Å². The summed E-state index contributed by atoms with van der Waals surface area (Å²) in [5.41, 5.74) is 5.66. The summed E-state index contributed by atoms with van der Waals surface area (Å²) in [5.74, 6) is 1.06. The van der Waals surface area contributed by atoms with Gasteiger partial charge in [0.25, 0.3) is 0 Å². The fourth-order valence-electron chi connectivity index (χ4n) is 2.01. The summed E-state index contributed by atoms with van der Waals surface area (Å²) < 4.78 is 10.8. The lowest BCUT2D eigenvalue weighted by Crippen LogP contribution is -2.31. The molecular formula is C11H20N4O2. The van der Waals surface area contributed by atoms with Gasteiger partial charge in [-0.2, -0.15) is 0 Å². The first kappa shape index (κ1) is 12.3. The molecular weight excluding hydrogens is 220 g/mol. The molecule has 1 aromatic heterocycles. The zero-order chi connectivity index (χ0) is 12.3. The third-order valence-electron chi connectivity index (χ3n) is 3.15. The Hall–Kier alpha value is -1.14. The van der Waals surface area contributed by atoms with E-state index in [4.69, 9.17) is 14.9 Å². The summed E-state index contributed by atoms with van der Waals surface area (Å²) in [4.78, 5) is 0. The number of anilines is 1. The second-order valence-corrected chi connectivity index (χ2v) is 4.62. The molecule has 2 heterocycles. The van der Waals surface area contributed by atoms with E-state index in [1.807, 2.05) is 6.92 Å². The van der Waals surface area contributed by atoms with E-state index in [9.17, 15) is 0 Å². The van der Waals surface area contributed by atoms with E-state index in [0.717, 1.165) is 26.1 Å². The Morgan fingerprint density at radius 2 is 2.00 bits per heavy atom. The maximum atomic E-state index is 5.66. The number of hydrogen-bond acceptors (Lipinski definition) is 6. The maximum Gasteiger partial charge on any atom is 0.315 e. The van der Waals surface area contributed by atoms with Crippen molar-refractivity contribution in [3.05, 3.63) is 5.89 Å². The smallest absolute Gasteiger partial charge is 0.315 e. The van der Waals surface area contributed by atoms with E-state index in [0.29, 0.717) is 23.9 Å². The van der Waals surface area contributed by atoms with Gasteiger partial charge in [0.15, 0.2) is 0 Å². The largest absolute Gasteiger partial charge is 0.406 e. The van der Waals surface area contributed by atoms with E-state index in [1.54, 1.807) is 0 Å². The van der Waals surface area contributed by atoms with Crippen LogP contribution in [0.5, 0.6) is 0 Å². The fourth-order valence-corrected chi connectivity index (χ4v) is 2.01. The molecule has 17 heavy (non-hydrogen) atoms. The quantitative estimate of drug-likeness (QED) is 0.825. The molecule has 1 aliphatic rings. The Kier molecular flexibility index (Phi) is 3.96. The highest BCUT2D eigenvalue weighted by molar-refractivity contribution is 5.19. The third-order valence-corrected chi connectivity index (χ3v) is 3.15. The number of rotatable bonds is 4. The molecule has 1 aromatic rings. The van der Waals surface area contributed by atoms with Crippen molar-refractivity contribution in [3.63, 3.8) is 0 Å². The van der Waals surface area contributed by atoms with Crippen LogP contribution in [0, 0.1) is 5.92 Å². The predicted molar refractivity (Wildman–Crippen MR) is 63.5 cm³/mol. The van der Waals surface area contributed by atoms with Crippen molar-refractivity contribution in [1.29, 1.82) is 0 Å². The van der Waals surface area contributed by atoms with Gasteiger partial charge in [-0.3, -0.25) is 0 Å². The van der Waals surface area contributed by atoms with E-state index >= 15 is 0 Å². The van der Waals surface area contributed by atoms with E-state index < -0.39 is 0 Å². The number of nitrogens with zero attached hydrogens (tertiary/aromatic N) is 2. The predicted octanol–water partition coefficient (Wildman–Crippen LogP) is 1.32. The van der Waals surface area contributed by atoms with Crippen LogP contribution in [-0.4, -0.2) is 29.5 Å². The van der Waals surface area contributed by atoms with Crippen LogP contribution < -0.4 is 11.1 Å². The second-order valence-electron chi connectivity index (χ2n) is 4.62. The Morgan fingerprint density at radius 1 is 1.29 bits per heavy atom. The standard InChI is InChI=1S/C11H20N4O2/c1-7(12)10-14-15-11(17-10)13-8(2)9-3-5-16-6-4-9/h7-9H,3-6,12H2,1-2H3,(H,13,15). The van der Waals surface area contributed by atoms with Crippen LogP contribution in [0.15, 0.2) is 4.42 Å². The summed E-state index contributed by atoms with van der Waals surface area (Å²) in [6.07, 6.45) is 2.14. The Labute approximate surface area is 101 Å². The minimum atomic E-state index is -0.226. The Bertz CT molecular complexity index is 347. The maximum absolute atomic E-state index is 5.66. The first-order valence-corrected chi connectivity index (χ1v) is 6.10. The third kappa shape index (κ3) is 3.17. The van der Waals surface area contributed by atoms with Gasteiger partial charge in [-0.15, -0.1) is 5.10 Å². The molecule has 0 spiro atoms. The highest BCUT2D eigenvalue weighted by atomic mass is 16.5. The van der Waals surface area contributed by atoms with Gasteiger partial charge in [0.2, 0.25) is 5.89 Å². The van der Waals surface area contributed by atoms with Gasteiger partial charge in [0.1, 0.15) is 0 Å². The monoisotopic (exact) mass is 240 g/mol. The van der Waals surface area contributed by atoms with E-state index in [1.165, 1.54) is 0 Å². The average Bonchev–Trinajstić information content (AvgIpc) is 2.79. The molecule has 0 aromatic carbocycles. The Morgan fingerprint density at radius 3 is 2.59 bits per heavy atom. The molecule has 2 unspecified atom stereocenters. The molecule has 6 heteroatoms. The average molecular weight is 240 g/mol. The number of nitrogens with two attached hydrogens (primary N) is 1. The molecule has 1 saturated heterocycles. The van der Waals surface area contributed by atoms with Crippen molar-refractivity contribution in [2.75, 3.05) is 18.5 Å². The molecule has 0 aliphatic carbocycles. The van der Waals surface area contributed by atoms with Crippen LogP contribution >= 0.6 is 0 Å². The van der Waals surface area contributed by atoms with Crippen LogP contribution in [0.3, 0.4) is 0 Å². The van der Waals surface area contributed by atoms with Gasteiger partial charge in [-0.05, 0) is 32.6 Å². The number of hydrogen-bond donors (Lipinski definition) is 2. The molecule has 0 amide bonds. The van der Waals surface area contributed by atoms with Crippen LogP contribution in [0.1, 0.15) is 38.6 Å². The molecule has 2 rings (SSSR count). The van der Waals surface area contributed by atoms with Crippen molar-refractivity contribution in [3.8, 4) is 0 Å². The molecule has 1 aliphatic heterocycles. The first-order chi connectivity index (χ1) is 8.16. The normalized spacial score (nSPS) is 21.1. The number of ether oxygens (including phenoxy) is 1. The first-order valence-electron chi connectivity index (χ1n) is 6.10. The molecule has 2 atom stereocenters. The zero-order valence-electron chi connectivity index (χ0n) is 10.3. The van der Waals surface area contributed by atoms with Crippen LogP contribution in [-0.2, 0) is 4.74 Å². The lowest BCUT2D eigenvalue weighted by molar-refractivity contribution is 0.0620. The van der Waals surface area contributed by atoms with Crippen molar-refractivity contribution in [1.82, 2.24) is 10.2 Å². The second kappa shape index (κ2) is 5.46. The highest BCUT2D eigenvalue weighted by Gasteiger charge is 2.22. The van der Waals surface area contributed by atoms with Gasteiger partial charge in [0, 0.05) is 19.3 Å². The molecule has 0 bridgehead atoms. The van der Waals surface area contributed by atoms with Crippen LogP contribution in [0.25, 0.3) is 0 Å². The van der Waals surface area contributed by atoms with Crippen molar-refractivity contribution >= 4 is 6.01 Å². The van der Waals surface area contributed by atoms with Crippen LogP contribution in [0.2, 0.25) is 0 Å². The van der Waals surface area contributed by atoms with Gasteiger partial charge >= 0.3 is 6.01 Å². The minimum absolute atomic E-state index is 0.226. The molecule has 0 saturated carbocycles. The van der Waals surface area contributed by atoms with Crippen molar-refractivity contribution in [2.45, 2.75) is 38.8 Å². The fraction of sp³-hybridized carbons (Fsp3) is 0.818. The Balaban J connectivity index is 1.90. The topological polar surface area (TPSA) is 86.2 Å². The molecule has 96 valence electrons. The van der Waals surface area contributed by atoms with Gasteiger partial charge in [0.05, 0.1) is 6.04 Å². The summed E-state index contributed by atoms with van der Waals surface area (Å²) in [6, 6.07) is 0.535. The van der Waals surface area contributed by atoms with Crippen molar-refractivity contribution in [2.24, 2.45) is 11.7 Å². The summed E-state index contributed by atoms with van der Waals surface area (Å²) in [6.45, 7) is 5.63. The van der Waals surface area contributed by atoms with Gasteiger partial charge in [-0.1, -0.05) is 5.10 Å². The lowest BCUT2D eigenvalue weighted by atomic mass is 9.93. The molecule has 6 nitrogen and oxygen atoms in total.